The van der Waals surface area contributed by atoms with Crippen LogP contribution < -0.4 is 26.5 Å². The first-order chi connectivity index (χ1) is 38.0. The van der Waals surface area contributed by atoms with Crippen LogP contribution in [0, 0.1) is 42.4 Å². The molecule has 2 amide bonds. The summed E-state index contributed by atoms with van der Waals surface area (Å²) in [4.78, 5) is 87.5. The lowest BCUT2D eigenvalue weighted by molar-refractivity contribution is -0.168. The maximum atomic E-state index is 14.9. The van der Waals surface area contributed by atoms with Gasteiger partial charge in [0.05, 0.1) is 40.5 Å². The van der Waals surface area contributed by atoms with Crippen molar-refractivity contribution >= 4 is 46.1 Å². The number of aryl methyl sites for hydroxylation is 1. The highest BCUT2D eigenvalue weighted by molar-refractivity contribution is 6.19. The van der Waals surface area contributed by atoms with Gasteiger partial charge in [-0.15, -0.1) is 0 Å². The van der Waals surface area contributed by atoms with E-state index in [0.29, 0.717) is 57.8 Å². The number of H-pyrrole nitrogens is 1. The van der Waals surface area contributed by atoms with Crippen molar-refractivity contribution < 1.29 is 58.9 Å². The average molecular weight is 1110 g/mol. The van der Waals surface area contributed by atoms with E-state index >= 15 is 0 Å². The number of hydrogen-bond donors (Lipinski definition) is 7. The first-order valence-electron chi connectivity index (χ1n) is 28.2. The van der Waals surface area contributed by atoms with E-state index in [2.05, 4.69) is 35.1 Å². The third-order valence-corrected chi connectivity index (χ3v) is 17.2. The Hall–Kier alpha value is -6.61. The topological polar surface area (TPSA) is 278 Å². The van der Waals surface area contributed by atoms with Crippen LogP contribution in [-0.2, 0) is 30.3 Å². The molecule has 9 atom stereocenters. The van der Waals surface area contributed by atoms with Crippen molar-refractivity contribution in [2.24, 2.45) is 45.5 Å². The van der Waals surface area contributed by atoms with Crippen LogP contribution in [0.25, 0.3) is 16.8 Å². The van der Waals surface area contributed by atoms with E-state index in [9.17, 15) is 44.4 Å². The number of carbonyl (C=O) groups excluding carboxylic acids is 4. The van der Waals surface area contributed by atoms with E-state index in [1.54, 1.807) is 68.4 Å². The van der Waals surface area contributed by atoms with Gasteiger partial charge in [0.2, 0.25) is 5.91 Å². The minimum Gasteiger partial charge on any atom is -0.507 e. The number of allylic oxidation sites excluding steroid dienone is 4. The molecule has 1 aromatic heterocycles. The quantitative estimate of drug-likeness (QED) is 0.0892. The summed E-state index contributed by atoms with van der Waals surface area (Å²) in [7, 11) is 1.00. The summed E-state index contributed by atoms with van der Waals surface area (Å²) < 4.78 is 20.6. The van der Waals surface area contributed by atoms with Crippen LogP contribution in [-0.4, -0.2) is 138 Å². The minimum atomic E-state index is -1.97. The van der Waals surface area contributed by atoms with Crippen molar-refractivity contribution in [1.82, 2.24) is 19.4 Å². The van der Waals surface area contributed by atoms with Crippen molar-refractivity contribution in [1.29, 1.82) is 0 Å². The number of rotatable bonds is 6. The highest BCUT2D eigenvalue weighted by atomic mass is 16.7. The lowest BCUT2D eigenvalue weighted by Crippen LogP contribution is -2.47. The Morgan fingerprint density at radius 1 is 0.900 bits per heavy atom. The van der Waals surface area contributed by atoms with Crippen molar-refractivity contribution in [3.63, 3.8) is 0 Å². The van der Waals surface area contributed by atoms with Gasteiger partial charge in [0.1, 0.15) is 34.6 Å². The Balaban J connectivity index is 0.00000416. The molecule has 7 aliphatic rings. The second-order valence-corrected chi connectivity index (χ2v) is 23.4. The number of carbonyl (C=O) groups is 4. The molecule has 80 heavy (non-hydrogen) atoms. The number of aromatic nitrogens is 2. The van der Waals surface area contributed by atoms with E-state index in [4.69, 9.17) is 29.3 Å². The summed E-state index contributed by atoms with van der Waals surface area (Å²) in [5.41, 5.74) is 0.965. The first kappa shape index (κ1) is 59.5. The molecule has 10 rings (SSSR count). The number of esters is 1. The lowest BCUT2D eigenvalue weighted by atomic mass is 9.79. The molecular formula is C60H81N7O13. The number of hydrogen-bond acceptors (Lipinski definition) is 16. The van der Waals surface area contributed by atoms with E-state index in [0.717, 1.165) is 37.9 Å². The molecule has 5 bridgehead atoms. The van der Waals surface area contributed by atoms with Crippen LogP contribution in [0.5, 0.6) is 17.2 Å². The summed E-state index contributed by atoms with van der Waals surface area (Å²) in [5, 5.41) is 58.1. The number of benzene rings is 2. The number of phenols is 2. The smallest absolute Gasteiger partial charge is 0.326 e. The van der Waals surface area contributed by atoms with Crippen molar-refractivity contribution in [2.75, 3.05) is 45.2 Å². The number of amides is 2. The highest BCUT2D eigenvalue weighted by Gasteiger charge is 2.50. The standard InChI is InChI=1S/C59H77N7O12.CH4O/c1-30(2)29-64-26-22-59(23-27-64)62-44-41-42-49(69)36(8)52-43(41)53(71)58(10,78-52)76-28-14-17-32(4)51(35(7)48(68)34(6)47(67)31(3)15-13-16-33(5)54(72)61-46(50(42)70)45(44)63-59)77-56(74)37(9)55(73)65-24-20-38(21-25-65)66-40-19-12-11-18-39(40)60-57(66)75;1-2/h12-16,19,28,30-32,34-35,37-38,47-48,51,67-70H,11,17-18,20-27,29H2,1-10H3,(H,60,75)(H,61,72);2H,1H3/b15-13+,28-14+,33-16-;/t31-,32+,34+,35+,37?,47-,48?,51?,58-;/m0./s1. The second-order valence-electron chi connectivity index (χ2n) is 23.4. The largest absolute Gasteiger partial charge is 0.507 e. The van der Waals surface area contributed by atoms with Gasteiger partial charge in [-0.3, -0.25) is 33.7 Å². The van der Waals surface area contributed by atoms with E-state index < -0.39 is 88.7 Å². The van der Waals surface area contributed by atoms with Gasteiger partial charge >= 0.3 is 17.4 Å². The molecule has 2 saturated heterocycles. The monoisotopic (exact) mass is 1110 g/mol. The molecule has 3 aromatic rings. The number of ketones is 1. The molecule has 2 fully saturated rings. The Morgan fingerprint density at radius 3 is 2.25 bits per heavy atom. The molecule has 7 heterocycles. The number of likely N-dealkylation sites (tertiary alicyclic amines) is 2. The maximum Gasteiger partial charge on any atom is 0.326 e. The summed E-state index contributed by atoms with van der Waals surface area (Å²) in [6.45, 7) is 20.4. The zero-order chi connectivity index (χ0) is 58.3. The number of imidazole rings is 1. The Kier molecular flexibility index (Phi) is 17.7. The van der Waals surface area contributed by atoms with E-state index in [1.807, 2.05) is 13.0 Å². The van der Waals surface area contributed by atoms with Gasteiger partial charge in [0, 0.05) is 106 Å². The normalized spacial score (nSPS) is 29.0. The summed E-state index contributed by atoms with van der Waals surface area (Å²) in [6, 6.07) is -0.112. The molecule has 0 saturated carbocycles. The number of phenolic OH excluding ortho intramolecular Hbond substituents is 2. The summed E-state index contributed by atoms with van der Waals surface area (Å²) in [5.74, 6) is -8.58. The van der Waals surface area contributed by atoms with E-state index in [-0.39, 0.29) is 73.5 Å². The number of anilines is 1. The van der Waals surface area contributed by atoms with Gasteiger partial charge in [0.25, 0.3) is 11.7 Å². The molecule has 1 spiro atoms. The molecule has 0 radical (unpaired) electrons. The van der Waals surface area contributed by atoms with Crippen LogP contribution in [0.4, 0.5) is 5.69 Å². The zero-order valence-electron chi connectivity index (χ0n) is 48.0. The molecule has 20 nitrogen and oxygen atoms in total. The fourth-order valence-electron chi connectivity index (χ4n) is 12.4. The van der Waals surface area contributed by atoms with Gasteiger partial charge in [-0.05, 0) is 76.9 Å². The molecule has 6 aliphatic heterocycles. The van der Waals surface area contributed by atoms with Crippen LogP contribution in [0.1, 0.15) is 134 Å². The second kappa shape index (κ2) is 23.8. The lowest BCUT2D eigenvalue weighted by Gasteiger charge is -2.37. The molecule has 7 N–H and O–H groups in total. The van der Waals surface area contributed by atoms with Gasteiger partial charge in [0.15, 0.2) is 11.4 Å². The first-order valence-corrected chi connectivity index (χ1v) is 28.2. The fraction of sp³-hybridized carbons (Fsp3) is 0.583. The third-order valence-electron chi connectivity index (χ3n) is 17.2. The van der Waals surface area contributed by atoms with Gasteiger partial charge < -0.3 is 59.8 Å². The number of Topliss-reactive ketones (excluding diaryl/α,β-unsaturated/α-hetero) is 1. The molecule has 434 valence electrons. The average Bonchev–Trinajstić information content (AvgIpc) is 4.19. The summed E-state index contributed by atoms with van der Waals surface area (Å²) in [6.07, 6.45) is 12.5. The van der Waals surface area contributed by atoms with Crippen molar-refractivity contribution in [3.05, 3.63) is 85.9 Å². The van der Waals surface area contributed by atoms with Crippen molar-refractivity contribution in [3.8, 4) is 17.2 Å². The molecular weight excluding hydrogens is 1030 g/mol. The maximum absolute atomic E-state index is 14.9. The van der Waals surface area contributed by atoms with Gasteiger partial charge in [-0.25, -0.2) is 4.79 Å². The predicted molar refractivity (Wildman–Crippen MR) is 300 cm³/mol. The number of fused-ring (bicyclic) bond motifs is 14. The molecule has 1 aliphatic carbocycles. The van der Waals surface area contributed by atoms with Crippen LogP contribution >= 0.6 is 0 Å². The van der Waals surface area contributed by atoms with Gasteiger partial charge in [-0.1, -0.05) is 65.8 Å². The molecule has 2 aromatic carbocycles. The van der Waals surface area contributed by atoms with Crippen LogP contribution in [0.15, 0.2) is 57.0 Å². The number of aromatic amines is 1. The minimum absolute atomic E-state index is 0.0262. The number of nitrogens with zero attached hydrogens (tertiary/aromatic N) is 5. The Bertz CT molecular complexity index is 3210. The summed E-state index contributed by atoms with van der Waals surface area (Å²) >= 11 is 0. The SMILES string of the molecule is C/C1=C/C=C/[C@H](C)[C@H](O)[C@@H](C)C(O)[C@@H](C)C(OC(=O)C(C)C(=O)N2CCC(n3c4c([nH]c3=O)CCC=C4)CC2)[C@H](C)C/C=C/O[C@@]2(C)Oc3c(C)c(O)c4c(O)c(c5c(c4c3C2=O)=NC2(CCN(CC(C)C)CC2)N=5)NC1=O.CO. The van der Waals surface area contributed by atoms with Gasteiger partial charge in [-0.2, -0.15) is 0 Å². The van der Waals surface area contributed by atoms with Crippen molar-refractivity contribution in [2.45, 2.75) is 150 Å². The van der Waals surface area contributed by atoms with E-state index in [1.165, 1.54) is 20.1 Å². The number of aromatic hydroxyl groups is 2. The number of piperidine rings is 2. The number of ether oxygens (including phenoxy) is 3. The third kappa shape index (κ3) is 11.2. The molecule has 20 heteroatoms. The molecule has 3 unspecified atom stereocenters. The predicted octanol–water partition coefficient (Wildman–Crippen LogP) is 5.66. The van der Waals surface area contributed by atoms with Crippen LogP contribution in [0.2, 0.25) is 0 Å². The Morgan fingerprint density at radius 2 is 1.57 bits per heavy atom. The Labute approximate surface area is 466 Å². The highest BCUT2D eigenvalue weighted by Crippen LogP contribution is 2.50. The fourth-order valence-corrected chi connectivity index (χ4v) is 12.4. The zero-order valence-corrected chi connectivity index (χ0v) is 48.0. The number of nitrogens with one attached hydrogen (secondary N) is 2. The number of aliphatic hydroxyl groups excluding tert-OH is 3. The van der Waals surface area contributed by atoms with Crippen LogP contribution in [0.3, 0.4) is 0 Å². The number of aliphatic hydroxyl groups is 3.